The topological polar surface area (TPSA) is 60.8 Å². The van der Waals surface area contributed by atoms with Crippen LogP contribution in [-0.2, 0) is 0 Å². The van der Waals surface area contributed by atoms with Gasteiger partial charge in [-0.05, 0) is 18.2 Å². The van der Waals surface area contributed by atoms with Crippen LogP contribution in [0.25, 0.3) is 0 Å². The Kier molecular flexibility index (Phi) is 3.24. The fourth-order valence-corrected chi connectivity index (χ4v) is 2.51. The maximum atomic E-state index is 12.0. The molecule has 0 spiro atoms. The molecule has 2 N–H and O–H groups in total. The van der Waals surface area contributed by atoms with Crippen LogP contribution in [-0.4, -0.2) is 45.6 Å². The van der Waals surface area contributed by atoms with Crippen molar-refractivity contribution in [2.24, 2.45) is 0 Å². The Bertz CT molecular complexity index is 402. The minimum Gasteiger partial charge on any atom is -0.504 e. The zero-order valence-electron chi connectivity index (χ0n) is 8.72. The normalized spacial score (nSPS) is 16.1. The molecule has 0 saturated carbocycles. The molecule has 1 fully saturated rings. The van der Waals surface area contributed by atoms with Crippen LogP contribution in [0.15, 0.2) is 18.2 Å². The van der Waals surface area contributed by atoms with Gasteiger partial charge in [0, 0.05) is 30.2 Å². The summed E-state index contributed by atoms with van der Waals surface area (Å²) in [6.45, 7) is 1.48. The molecule has 0 atom stereocenters. The summed E-state index contributed by atoms with van der Waals surface area (Å²) >= 11 is 1.83. The molecule has 1 aliphatic rings. The van der Waals surface area contributed by atoms with Gasteiger partial charge < -0.3 is 15.1 Å². The van der Waals surface area contributed by atoms with E-state index < -0.39 is 0 Å². The van der Waals surface area contributed by atoms with Gasteiger partial charge in [0.2, 0.25) is 0 Å². The zero-order valence-corrected chi connectivity index (χ0v) is 9.54. The van der Waals surface area contributed by atoms with Gasteiger partial charge in [-0.15, -0.1) is 0 Å². The minimum atomic E-state index is -0.253. The Hall–Kier alpha value is -1.36. The first-order valence-corrected chi connectivity index (χ1v) is 6.23. The number of thioether (sulfide) groups is 1. The summed E-state index contributed by atoms with van der Waals surface area (Å²) in [6, 6.07) is 4.17. The van der Waals surface area contributed by atoms with Crippen molar-refractivity contribution in [3.05, 3.63) is 23.8 Å². The van der Waals surface area contributed by atoms with Crippen LogP contribution >= 0.6 is 11.8 Å². The third-order valence-electron chi connectivity index (χ3n) is 2.52. The number of rotatable bonds is 1. The Morgan fingerprint density at radius 2 is 1.88 bits per heavy atom. The van der Waals surface area contributed by atoms with Gasteiger partial charge in [-0.3, -0.25) is 4.79 Å². The van der Waals surface area contributed by atoms with Crippen molar-refractivity contribution in [1.29, 1.82) is 0 Å². The largest absolute Gasteiger partial charge is 0.504 e. The first-order valence-electron chi connectivity index (χ1n) is 5.07. The molecule has 4 nitrogen and oxygen atoms in total. The molecule has 0 aliphatic carbocycles. The highest BCUT2D eigenvalue weighted by molar-refractivity contribution is 7.99. The van der Waals surface area contributed by atoms with Crippen LogP contribution in [0.2, 0.25) is 0 Å². The molecule has 2 rings (SSSR count). The molecule has 0 radical (unpaired) electrons. The lowest BCUT2D eigenvalue weighted by molar-refractivity contribution is 0.0772. The summed E-state index contributed by atoms with van der Waals surface area (Å²) < 4.78 is 0. The molecule has 1 aliphatic heterocycles. The third kappa shape index (κ3) is 2.24. The van der Waals surface area contributed by atoms with E-state index in [-0.39, 0.29) is 17.4 Å². The average molecular weight is 239 g/mol. The standard InChI is InChI=1S/C11H13NO3S/c13-9-2-1-8(7-10(9)14)11(15)12-3-5-16-6-4-12/h1-2,7,13-14H,3-6H2. The number of benzene rings is 1. The second kappa shape index (κ2) is 4.65. The monoisotopic (exact) mass is 239 g/mol. The van der Waals surface area contributed by atoms with Crippen molar-refractivity contribution in [3.8, 4) is 11.5 Å². The van der Waals surface area contributed by atoms with E-state index in [9.17, 15) is 9.90 Å². The zero-order chi connectivity index (χ0) is 11.5. The Morgan fingerprint density at radius 1 is 1.19 bits per heavy atom. The van der Waals surface area contributed by atoms with Crippen LogP contribution in [0.3, 0.4) is 0 Å². The van der Waals surface area contributed by atoms with Crippen LogP contribution in [0.4, 0.5) is 0 Å². The van der Waals surface area contributed by atoms with Gasteiger partial charge >= 0.3 is 0 Å². The summed E-state index contributed by atoms with van der Waals surface area (Å²) in [5.74, 6) is 1.37. The minimum absolute atomic E-state index is 0.0874. The molecule has 0 bridgehead atoms. The van der Waals surface area contributed by atoms with Crippen molar-refractivity contribution in [3.63, 3.8) is 0 Å². The fraction of sp³-hybridized carbons (Fsp3) is 0.364. The van der Waals surface area contributed by atoms with Crippen molar-refractivity contribution < 1.29 is 15.0 Å². The van der Waals surface area contributed by atoms with Crippen molar-refractivity contribution >= 4 is 17.7 Å². The smallest absolute Gasteiger partial charge is 0.254 e. The lowest BCUT2D eigenvalue weighted by atomic mass is 10.1. The van der Waals surface area contributed by atoms with Gasteiger partial charge in [-0.25, -0.2) is 0 Å². The van der Waals surface area contributed by atoms with Crippen LogP contribution < -0.4 is 0 Å². The predicted molar refractivity (Wildman–Crippen MR) is 63.0 cm³/mol. The van der Waals surface area contributed by atoms with Crippen molar-refractivity contribution in [2.45, 2.75) is 0 Å². The number of amides is 1. The molecule has 1 aromatic rings. The number of carbonyl (C=O) groups is 1. The van der Waals surface area contributed by atoms with Gasteiger partial charge in [0.1, 0.15) is 0 Å². The number of hydrogen-bond acceptors (Lipinski definition) is 4. The summed E-state index contributed by atoms with van der Waals surface area (Å²) in [5, 5.41) is 18.5. The van der Waals surface area contributed by atoms with Gasteiger partial charge in [-0.1, -0.05) is 0 Å². The number of phenols is 2. The third-order valence-corrected chi connectivity index (χ3v) is 3.46. The average Bonchev–Trinajstić information content (AvgIpc) is 2.33. The number of hydrogen-bond donors (Lipinski definition) is 2. The molecular formula is C11H13NO3S. The van der Waals surface area contributed by atoms with E-state index in [2.05, 4.69) is 0 Å². The molecule has 0 unspecified atom stereocenters. The number of aromatic hydroxyl groups is 2. The van der Waals surface area contributed by atoms with E-state index in [0.29, 0.717) is 5.56 Å². The first-order chi connectivity index (χ1) is 7.68. The van der Waals surface area contributed by atoms with Crippen LogP contribution in [0, 0.1) is 0 Å². The molecule has 0 aromatic heterocycles. The van der Waals surface area contributed by atoms with Crippen LogP contribution in [0.5, 0.6) is 11.5 Å². The van der Waals surface area contributed by atoms with Gasteiger partial charge in [0.05, 0.1) is 0 Å². The molecule has 86 valence electrons. The molecule has 5 heteroatoms. The first kappa shape index (κ1) is 11.1. The lowest BCUT2D eigenvalue weighted by Crippen LogP contribution is -2.37. The van der Waals surface area contributed by atoms with E-state index in [1.807, 2.05) is 11.8 Å². The molecular weight excluding hydrogens is 226 g/mol. The van der Waals surface area contributed by atoms with E-state index >= 15 is 0 Å². The van der Waals surface area contributed by atoms with Gasteiger partial charge in [0.25, 0.3) is 5.91 Å². The summed E-state index contributed by atoms with van der Waals surface area (Å²) in [4.78, 5) is 13.8. The van der Waals surface area contributed by atoms with E-state index in [1.165, 1.54) is 18.2 Å². The number of phenolic OH excluding ortho intramolecular Hbond substituents is 2. The maximum Gasteiger partial charge on any atom is 0.254 e. The highest BCUT2D eigenvalue weighted by atomic mass is 32.2. The Balaban J connectivity index is 2.16. The Labute approximate surface area is 97.9 Å². The summed E-state index contributed by atoms with van der Waals surface area (Å²) in [6.07, 6.45) is 0. The SMILES string of the molecule is O=C(c1ccc(O)c(O)c1)N1CCSCC1. The molecule has 16 heavy (non-hydrogen) atoms. The lowest BCUT2D eigenvalue weighted by Gasteiger charge is -2.26. The van der Waals surface area contributed by atoms with Gasteiger partial charge in [-0.2, -0.15) is 11.8 Å². The quantitative estimate of drug-likeness (QED) is 0.725. The van der Waals surface area contributed by atoms with E-state index in [1.54, 1.807) is 4.90 Å². The number of nitrogens with zero attached hydrogens (tertiary/aromatic N) is 1. The van der Waals surface area contributed by atoms with Crippen molar-refractivity contribution in [1.82, 2.24) is 4.90 Å². The van der Waals surface area contributed by atoms with E-state index in [4.69, 9.17) is 5.11 Å². The number of carbonyl (C=O) groups excluding carboxylic acids is 1. The van der Waals surface area contributed by atoms with Gasteiger partial charge in [0.15, 0.2) is 11.5 Å². The van der Waals surface area contributed by atoms with Crippen molar-refractivity contribution in [2.75, 3.05) is 24.6 Å². The summed E-state index contributed by atoms with van der Waals surface area (Å²) in [5.41, 5.74) is 0.419. The molecule has 1 amide bonds. The molecule has 1 saturated heterocycles. The maximum absolute atomic E-state index is 12.0. The van der Waals surface area contributed by atoms with E-state index in [0.717, 1.165) is 24.6 Å². The highest BCUT2D eigenvalue weighted by Crippen LogP contribution is 2.25. The Morgan fingerprint density at radius 3 is 2.50 bits per heavy atom. The fourth-order valence-electron chi connectivity index (χ4n) is 1.61. The highest BCUT2D eigenvalue weighted by Gasteiger charge is 2.19. The molecule has 1 aromatic carbocycles. The molecule has 1 heterocycles. The summed E-state index contributed by atoms with van der Waals surface area (Å²) in [7, 11) is 0. The second-order valence-electron chi connectivity index (χ2n) is 3.61. The second-order valence-corrected chi connectivity index (χ2v) is 4.83. The predicted octanol–water partition coefficient (Wildman–Crippen LogP) is 1.29. The van der Waals surface area contributed by atoms with Crippen LogP contribution in [0.1, 0.15) is 10.4 Å².